The quantitative estimate of drug-likeness (QED) is 0.619. The van der Waals surface area contributed by atoms with Crippen LogP contribution in [0.2, 0.25) is 0 Å². The highest BCUT2D eigenvalue weighted by Gasteiger charge is 2.39. The van der Waals surface area contributed by atoms with E-state index < -0.39 is 0 Å². The van der Waals surface area contributed by atoms with Crippen LogP contribution in [0.1, 0.15) is 39.5 Å². The summed E-state index contributed by atoms with van der Waals surface area (Å²) in [5.41, 5.74) is 0.664. The van der Waals surface area contributed by atoms with Crippen LogP contribution in [-0.4, -0.2) is 25.3 Å². The van der Waals surface area contributed by atoms with Crippen LogP contribution in [0.25, 0.3) is 0 Å². The van der Waals surface area contributed by atoms with Crippen molar-refractivity contribution in [1.29, 1.82) is 0 Å². The topological polar surface area (TPSA) is 21.3 Å². The Bertz CT molecular complexity index is 171. The maximum Gasteiger partial charge on any atom is 0.0627 e. The van der Waals surface area contributed by atoms with Crippen LogP contribution >= 0.6 is 0 Å². The fraction of sp³-hybridized carbons (Fsp3) is 1.00. The third-order valence-corrected chi connectivity index (χ3v) is 3.69. The van der Waals surface area contributed by atoms with Crippen molar-refractivity contribution in [1.82, 2.24) is 5.32 Å². The van der Waals surface area contributed by atoms with Gasteiger partial charge in [-0.25, -0.2) is 0 Å². The monoisotopic (exact) mass is 183 g/mol. The zero-order chi connectivity index (χ0) is 9.36. The molecule has 0 aromatic carbocycles. The van der Waals surface area contributed by atoms with Crippen molar-refractivity contribution < 1.29 is 4.74 Å². The van der Waals surface area contributed by atoms with E-state index in [2.05, 4.69) is 19.2 Å². The lowest BCUT2D eigenvalue weighted by molar-refractivity contribution is -0.121. The van der Waals surface area contributed by atoms with Gasteiger partial charge in [-0.15, -0.1) is 0 Å². The molecule has 13 heavy (non-hydrogen) atoms. The Morgan fingerprint density at radius 3 is 2.23 bits per heavy atom. The summed E-state index contributed by atoms with van der Waals surface area (Å²) in [6.07, 6.45) is 5.21. The van der Waals surface area contributed by atoms with Crippen molar-refractivity contribution >= 4 is 0 Å². The van der Waals surface area contributed by atoms with E-state index in [1.807, 2.05) is 0 Å². The zero-order valence-electron chi connectivity index (χ0n) is 8.86. The Morgan fingerprint density at radius 1 is 1.00 bits per heavy atom. The normalized spacial score (nSPS) is 31.8. The average molecular weight is 183 g/mol. The highest BCUT2D eigenvalue weighted by molar-refractivity contribution is 4.90. The van der Waals surface area contributed by atoms with Gasteiger partial charge in [-0.1, -0.05) is 0 Å². The molecular formula is C11H21NO. The summed E-state index contributed by atoms with van der Waals surface area (Å²) in [6.45, 7) is 7.77. The van der Waals surface area contributed by atoms with E-state index in [-0.39, 0.29) is 5.60 Å². The summed E-state index contributed by atoms with van der Waals surface area (Å²) < 4.78 is 5.93. The van der Waals surface area contributed by atoms with Crippen LogP contribution in [0, 0.1) is 5.41 Å². The molecule has 0 aromatic heterocycles. The Balaban J connectivity index is 1.95. The first-order valence-corrected chi connectivity index (χ1v) is 5.47. The van der Waals surface area contributed by atoms with E-state index >= 15 is 0 Å². The first-order valence-electron chi connectivity index (χ1n) is 5.47. The second kappa shape index (κ2) is 3.25. The Hall–Kier alpha value is -0.0800. The van der Waals surface area contributed by atoms with Gasteiger partial charge in [0.15, 0.2) is 0 Å². The highest BCUT2D eigenvalue weighted by atomic mass is 16.5. The van der Waals surface area contributed by atoms with E-state index in [1.165, 1.54) is 38.8 Å². The van der Waals surface area contributed by atoms with E-state index in [0.717, 1.165) is 6.61 Å². The maximum atomic E-state index is 5.93. The molecule has 1 N–H and O–H groups in total. The van der Waals surface area contributed by atoms with E-state index in [9.17, 15) is 0 Å². The van der Waals surface area contributed by atoms with Crippen LogP contribution in [-0.2, 0) is 4.74 Å². The molecule has 0 radical (unpaired) electrons. The predicted molar refractivity (Wildman–Crippen MR) is 53.8 cm³/mol. The van der Waals surface area contributed by atoms with Crippen molar-refractivity contribution in [3.05, 3.63) is 0 Å². The molecule has 0 aromatic rings. The van der Waals surface area contributed by atoms with Crippen LogP contribution in [0.4, 0.5) is 0 Å². The number of hydrogen-bond acceptors (Lipinski definition) is 2. The molecule has 76 valence electrons. The Kier molecular flexibility index (Phi) is 2.37. The maximum absolute atomic E-state index is 5.93. The number of nitrogens with one attached hydrogen (secondary N) is 1. The van der Waals surface area contributed by atoms with Gasteiger partial charge in [-0.05, 0) is 58.0 Å². The molecule has 2 fully saturated rings. The third-order valence-electron chi connectivity index (χ3n) is 3.69. The molecule has 0 atom stereocenters. The molecule has 1 spiro atoms. The largest absolute Gasteiger partial charge is 0.375 e. The summed E-state index contributed by atoms with van der Waals surface area (Å²) in [6, 6.07) is 0. The number of hydrogen-bond donors (Lipinski definition) is 1. The van der Waals surface area contributed by atoms with Gasteiger partial charge in [0.25, 0.3) is 0 Å². The van der Waals surface area contributed by atoms with Crippen LogP contribution in [0.3, 0.4) is 0 Å². The third kappa shape index (κ3) is 2.05. The molecule has 2 heterocycles. The number of ether oxygens (including phenoxy) is 1. The van der Waals surface area contributed by atoms with Gasteiger partial charge < -0.3 is 10.1 Å². The van der Waals surface area contributed by atoms with Crippen molar-refractivity contribution in [2.45, 2.75) is 45.1 Å². The van der Waals surface area contributed by atoms with Crippen LogP contribution in [0.15, 0.2) is 0 Å². The van der Waals surface area contributed by atoms with Gasteiger partial charge in [0.05, 0.1) is 12.2 Å². The van der Waals surface area contributed by atoms with Gasteiger partial charge >= 0.3 is 0 Å². The van der Waals surface area contributed by atoms with Crippen molar-refractivity contribution in [3.63, 3.8) is 0 Å². The molecular weight excluding hydrogens is 162 g/mol. The Labute approximate surface area is 81.0 Å². The van der Waals surface area contributed by atoms with Gasteiger partial charge in [0, 0.05) is 0 Å². The minimum atomic E-state index is 0.135. The lowest BCUT2D eigenvalue weighted by Gasteiger charge is -2.45. The zero-order valence-corrected chi connectivity index (χ0v) is 8.86. The molecule has 2 nitrogen and oxygen atoms in total. The summed E-state index contributed by atoms with van der Waals surface area (Å²) in [5.74, 6) is 0. The molecule has 2 rings (SSSR count). The molecule has 2 heteroatoms. The summed E-state index contributed by atoms with van der Waals surface area (Å²) in [7, 11) is 0. The Morgan fingerprint density at radius 2 is 1.69 bits per heavy atom. The van der Waals surface area contributed by atoms with Crippen molar-refractivity contribution in [2.75, 3.05) is 19.7 Å². The van der Waals surface area contributed by atoms with Gasteiger partial charge in [-0.3, -0.25) is 0 Å². The molecule has 2 aliphatic rings. The number of rotatable bonds is 0. The van der Waals surface area contributed by atoms with Gasteiger partial charge in [0.2, 0.25) is 0 Å². The molecule has 2 saturated heterocycles. The lowest BCUT2D eigenvalue weighted by Crippen LogP contribution is -2.46. The second-order valence-electron chi connectivity index (χ2n) is 5.30. The van der Waals surface area contributed by atoms with E-state index in [0.29, 0.717) is 5.41 Å². The molecule has 0 unspecified atom stereocenters. The first kappa shape index (κ1) is 9.47. The standard InChI is InChI=1S/C11H21NO/c1-10(2)3-4-11(9-13-10)5-7-12-8-6-11/h12H,3-9H2,1-2H3. The fourth-order valence-electron chi connectivity index (χ4n) is 2.41. The van der Waals surface area contributed by atoms with E-state index in [1.54, 1.807) is 0 Å². The van der Waals surface area contributed by atoms with Gasteiger partial charge in [0.1, 0.15) is 0 Å². The van der Waals surface area contributed by atoms with Crippen molar-refractivity contribution in [2.24, 2.45) is 5.41 Å². The summed E-state index contributed by atoms with van der Waals surface area (Å²) in [4.78, 5) is 0. The fourth-order valence-corrected chi connectivity index (χ4v) is 2.41. The minimum absolute atomic E-state index is 0.135. The SMILES string of the molecule is CC1(C)CCC2(CCNCC2)CO1. The second-order valence-corrected chi connectivity index (χ2v) is 5.30. The predicted octanol–water partition coefficient (Wildman–Crippen LogP) is 1.95. The van der Waals surface area contributed by atoms with Crippen molar-refractivity contribution in [3.8, 4) is 0 Å². The molecule has 0 amide bonds. The lowest BCUT2D eigenvalue weighted by atomic mass is 9.72. The molecule has 2 aliphatic heterocycles. The highest BCUT2D eigenvalue weighted by Crippen LogP contribution is 2.41. The molecule has 0 saturated carbocycles. The van der Waals surface area contributed by atoms with Crippen LogP contribution < -0.4 is 5.32 Å². The van der Waals surface area contributed by atoms with Crippen LogP contribution in [0.5, 0.6) is 0 Å². The summed E-state index contributed by atoms with van der Waals surface area (Å²) in [5, 5.41) is 3.42. The smallest absolute Gasteiger partial charge is 0.0627 e. The van der Waals surface area contributed by atoms with Gasteiger partial charge in [-0.2, -0.15) is 0 Å². The summed E-state index contributed by atoms with van der Waals surface area (Å²) >= 11 is 0. The minimum Gasteiger partial charge on any atom is -0.375 e. The number of piperidine rings is 1. The molecule has 0 aliphatic carbocycles. The first-order chi connectivity index (χ1) is 6.12. The van der Waals surface area contributed by atoms with E-state index in [4.69, 9.17) is 4.74 Å². The average Bonchev–Trinajstić information content (AvgIpc) is 2.13. The molecule has 0 bridgehead atoms.